The van der Waals surface area contributed by atoms with E-state index in [1.807, 2.05) is 0 Å². The molecular formula is C14H19F2NO4. The van der Waals surface area contributed by atoms with Gasteiger partial charge in [-0.1, -0.05) is 11.6 Å². The Morgan fingerprint density at radius 2 is 2.14 bits per heavy atom. The Morgan fingerprint density at radius 1 is 1.48 bits per heavy atom. The van der Waals surface area contributed by atoms with Crippen molar-refractivity contribution in [3.8, 4) is 0 Å². The van der Waals surface area contributed by atoms with Gasteiger partial charge in [-0.3, -0.25) is 4.79 Å². The van der Waals surface area contributed by atoms with Crippen LogP contribution in [0.3, 0.4) is 0 Å². The predicted octanol–water partition coefficient (Wildman–Crippen LogP) is 2.92. The minimum absolute atomic E-state index is 0.0466. The molecule has 1 N–H and O–H groups in total. The van der Waals surface area contributed by atoms with Crippen LogP contribution in [0, 0.1) is 0 Å². The van der Waals surface area contributed by atoms with Crippen molar-refractivity contribution in [1.29, 1.82) is 0 Å². The third-order valence-corrected chi connectivity index (χ3v) is 2.72. The van der Waals surface area contributed by atoms with Crippen molar-refractivity contribution in [2.45, 2.75) is 45.3 Å². The second-order valence-electron chi connectivity index (χ2n) is 5.63. The van der Waals surface area contributed by atoms with Crippen LogP contribution in [0.4, 0.5) is 13.6 Å². The SMILES string of the molecule is CC(C)(C)OC(=O)N[C@H]1C=C(CCOC=O)CC1=C(F)F. The first-order chi connectivity index (χ1) is 9.73. The zero-order valence-electron chi connectivity index (χ0n) is 12.2. The summed E-state index contributed by atoms with van der Waals surface area (Å²) in [5, 5.41) is 2.40. The molecule has 0 unspecified atom stereocenters. The van der Waals surface area contributed by atoms with Gasteiger partial charge in [0.1, 0.15) is 5.60 Å². The lowest BCUT2D eigenvalue weighted by molar-refractivity contribution is -0.128. The summed E-state index contributed by atoms with van der Waals surface area (Å²) in [5.41, 5.74) is -0.187. The van der Waals surface area contributed by atoms with Crippen molar-refractivity contribution in [2.24, 2.45) is 0 Å². The molecule has 0 spiro atoms. The van der Waals surface area contributed by atoms with Gasteiger partial charge in [-0.15, -0.1) is 0 Å². The Balaban J connectivity index is 2.69. The second-order valence-corrected chi connectivity index (χ2v) is 5.63. The van der Waals surface area contributed by atoms with Crippen LogP contribution in [0.1, 0.15) is 33.6 Å². The molecule has 0 bridgehead atoms. The number of nitrogens with one attached hydrogen (secondary N) is 1. The van der Waals surface area contributed by atoms with E-state index >= 15 is 0 Å². The monoisotopic (exact) mass is 303 g/mol. The molecule has 0 aromatic heterocycles. The van der Waals surface area contributed by atoms with E-state index < -0.39 is 23.8 Å². The minimum atomic E-state index is -1.82. The van der Waals surface area contributed by atoms with Crippen molar-refractivity contribution in [3.05, 3.63) is 23.3 Å². The maximum atomic E-state index is 12.9. The fraction of sp³-hybridized carbons (Fsp3) is 0.571. The molecule has 0 aromatic rings. The van der Waals surface area contributed by atoms with E-state index in [4.69, 9.17) is 4.74 Å². The maximum absolute atomic E-state index is 12.9. The van der Waals surface area contributed by atoms with E-state index in [1.165, 1.54) is 6.08 Å². The number of alkyl carbamates (subject to hydrolysis) is 1. The van der Waals surface area contributed by atoms with E-state index in [0.29, 0.717) is 18.5 Å². The summed E-state index contributed by atoms with van der Waals surface area (Å²) in [6.45, 7) is 5.48. The van der Waals surface area contributed by atoms with E-state index in [-0.39, 0.29) is 18.6 Å². The molecule has 0 fully saturated rings. The lowest BCUT2D eigenvalue weighted by Gasteiger charge is -2.21. The second kappa shape index (κ2) is 7.19. The first-order valence-electron chi connectivity index (χ1n) is 6.51. The minimum Gasteiger partial charge on any atom is -0.468 e. The highest BCUT2D eigenvalue weighted by Crippen LogP contribution is 2.30. The Kier molecular flexibility index (Phi) is 5.87. The van der Waals surface area contributed by atoms with Gasteiger partial charge in [0, 0.05) is 12.0 Å². The number of carbonyl (C=O) groups is 2. The average molecular weight is 303 g/mol. The summed E-state index contributed by atoms with van der Waals surface area (Å²) >= 11 is 0. The van der Waals surface area contributed by atoms with Gasteiger partial charge < -0.3 is 14.8 Å². The molecule has 118 valence electrons. The molecule has 0 saturated heterocycles. The predicted molar refractivity (Wildman–Crippen MR) is 71.7 cm³/mol. The average Bonchev–Trinajstić information content (AvgIpc) is 2.70. The summed E-state index contributed by atoms with van der Waals surface area (Å²) in [6.07, 6.45) is -0.647. The van der Waals surface area contributed by atoms with E-state index in [2.05, 4.69) is 10.1 Å². The molecule has 1 amide bonds. The summed E-state index contributed by atoms with van der Waals surface area (Å²) in [7, 11) is 0. The Labute approximate surface area is 122 Å². The number of halogens is 2. The molecule has 1 rings (SSSR count). The molecule has 0 aromatic carbocycles. The highest BCUT2D eigenvalue weighted by molar-refractivity contribution is 5.69. The number of carbonyl (C=O) groups excluding carboxylic acids is 2. The van der Waals surface area contributed by atoms with Crippen LogP contribution < -0.4 is 5.32 Å². The van der Waals surface area contributed by atoms with Gasteiger partial charge in [-0.25, -0.2) is 4.79 Å². The van der Waals surface area contributed by atoms with E-state index in [0.717, 1.165) is 0 Å². The van der Waals surface area contributed by atoms with Crippen molar-refractivity contribution >= 4 is 12.6 Å². The van der Waals surface area contributed by atoms with Crippen molar-refractivity contribution in [1.82, 2.24) is 5.32 Å². The molecule has 1 aliphatic carbocycles. The van der Waals surface area contributed by atoms with Crippen LogP contribution in [0.5, 0.6) is 0 Å². The smallest absolute Gasteiger partial charge is 0.408 e. The van der Waals surface area contributed by atoms with Gasteiger partial charge in [-0.05, 0) is 27.2 Å². The van der Waals surface area contributed by atoms with Crippen LogP contribution in [0.2, 0.25) is 0 Å². The van der Waals surface area contributed by atoms with E-state index in [9.17, 15) is 18.4 Å². The van der Waals surface area contributed by atoms with Crippen LogP contribution in [0.15, 0.2) is 23.3 Å². The van der Waals surface area contributed by atoms with Crippen LogP contribution in [-0.2, 0) is 14.3 Å². The standard InChI is InChI=1S/C14H19F2NO4/c1-14(2,3)21-13(19)17-11-7-9(4-5-20-8-18)6-10(11)12(15)16/h7-8,11H,4-6H2,1-3H3,(H,17,19)/t11-/m0/s1. The third-order valence-electron chi connectivity index (χ3n) is 2.72. The molecule has 0 radical (unpaired) electrons. The molecule has 1 aliphatic rings. The molecule has 21 heavy (non-hydrogen) atoms. The van der Waals surface area contributed by atoms with Gasteiger partial charge in [0.25, 0.3) is 12.6 Å². The number of amides is 1. The van der Waals surface area contributed by atoms with Gasteiger partial charge in [0.2, 0.25) is 0 Å². The Morgan fingerprint density at radius 3 is 2.67 bits per heavy atom. The molecule has 7 heteroatoms. The summed E-state index contributed by atoms with van der Waals surface area (Å²) in [4.78, 5) is 21.7. The fourth-order valence-electron chi connectivity index (χ4n) is 1.91. The molecule has 0 aliphatic heterocycles. The third kappa shape index (κ3) is 5.93. The summed E-state index contributed by atoms with van der Waals surface area (Å²) in [6, 6.07) is -0.893. The van der Waals surface area contributed by atoms with E-state index in [1.54, 1.807) is 20.8 Å². The lowest BCUT2D eigenvalue weighted by atomic mass is 10.1. The van der Waals surface area contributed by atoms with Gasteiger partial charge in [-0.2, -0.15) is 8.78 Å². The quantitative estimate of drug-likeness (QED) is 0.482. The molecular weight excluding hydrogens is 284 g/mol. The van der Waals surface area contributed by atoms with Crippen LogP contribution in [-0.4, -0.2) is 30.8 Å². The van der Waals surface area contributed by atoms with Crippen molar-refractivity contribution < 1.29 is 27.8 Å². The Hall–Kier alpha value is -1.92. The van der Waals surface area contributed by atoms with Gasteiger partial charge in [0.15, 0.2) is 0 Å². The lowest BCUT2D eigenvalue weighted by Crippen LogP contribution is -2.38. The molecule has 5 nitrogen and oxygen atoms in total. The summed E-state index contributed by atoms with van der Waals surface area (Å²) in [5.74, 6) is 0. The molecule has 1 atom stereocenters. The maximum Gasteiger partial charge on any atom is 0.408 e. The van der Waals surface area contributed by atoms with Crippen molar-refractivity contribution in [2.75, 3.05) is 6.61 Å². The molecule has 0 saturated carbocycles. The fourth-order valence-corrected chi connectivity index (χ4v) is 1.91. The highest BCUT2D eigenvalue weighted by Gasteiger charge is 2.28. The first-order valence-corrected chi connectivity index (χ1v) is 6.51. The highest BCUT2D eigenvalue weighted by atomic mass is 19.3. The topological polar surface area (TPSA) is 64.6 Å². The van der Waals surface area contributed by atoms with Gasteiger partial charge in [0.05, 0.1) is 12.6 Å². The zero-order valence-corrected chi connectivity index (χ0v) is 12.2. The number of rotatable bonds is 5. The van der Waals surface area contributed by atoms with Crippen LogP contribution in [0.25, 0.3) is 0 Å². The Bertz CT molecular complexity index is 462. The molecule has 0 heterocycles. The van der Waals surface area contributed by atoms with Crippen LogP contribution >= 0.6 is 0 Å². The number of hydrogen-bond donors (Lipinski definition) is 1. The summed E-state index contributed by atoms with van der Waals surface area (Å²) < 4.78 is 35.4. The normalized spacial score (nSPS) is 18.0. The van der Waals surface area contributed by atoms with Crippen molar-refractivity contribution in [3.63, 3.8) is 0 Å². The largest absolute Gasteiger partial charge is 0.468 e. The number of hydrogen-bond acceptors (Lipinski definition) is 4. The number of ether oxygens (including phenoxy) is 2. The first kappa shape index (κ1) is 17.1. The zero-order chi connectivity index (χ0) is 16.0. The van der Waals surface area contributed by atoms with Gasteiger partial charge >= 0.3 is 6.09 Å².